The Kier molecular flexibility index (Phi) is 7.42. The fourth-order valence-electron chi connectivity index (χ4n) is 2.64. The molecule has 150 valence electrons. The van der Waals surface area contributed by atoms with E-state index >= 15 is 0 Å². The molecule has 0 unspecified atom stereocenters. The van der Waals surface area contributed by atoms with Gasteiger partial charge in [0.15, 0.2) is 5.78 Å². The molecule has 8 heteroatoms. The molecular weight excluding hydrogens is 378 g/mol. The summed E-state index contributed by atoms with van der Waals surface area (Å²) < 4.78 is 26.4. The zero-order valence-electron chi connectivity index (χ0n) is 16.3. The van der Waals surface area contributed by atoms with E-state index in [1.165, 1.54) is 42.5 Å². The average Bonchev–Trinajstić information content (AvgIpc) is 2.68. The summed E-state index contributed by atoms with van der Waals surface area (Å²) in [6, 6.07) is 11.1. The van der Waals surface area contributed by atoms with Crippen LogP contribution in [0.25, 0.3) is 0 Å². The van der Waals surface area contributed by atoms with Crippen LogP contribution in [0.4, 0.5) is 0 Å². The third kappa shape index (κ3) is 5.71. The van der Waals surface area contributed by atoms with E-state index in [4.69, 9.17) is 0 Å². The average molecular weight is 404 g/mol. The summed E-state index contributed by atoms with van der Waals surface area (Å²) in [6.45, 7) is 3.49. The highest BCUT2D eigenvalue weighted by Gasteiger charge is 2.21. The van der Waals surface area contributed by atoms with Gasteiger partial charge in [0.05, 0.1) is 16.6 Å². The Morgan fingerprint density at radius 1 is 1.14 bits per heavy atom. The van der Waals surface area contributed by atoms with Gasteiger partial charge in [-0.15, -0.1) is 0 Å². The maximum atomic E-state index is 12.6. The van der Waals surface area contributed by atoms with Crippen LogP contribution in [-0.2, 0) is 14.8 Å². The fourth-order valence-corrected chi connectivity index (χ4v) is 3.85. The first-order chi connectivity index (χ1) is 13.2. The van der Waals surface area contributed by atoms with Crippen molar-refractivity contribution in [2.45, 2.75) is 37.6 Å². The summed E-state index contributed by atoms with van der Waals surface area (Å²) >= 11 is 0. The number of sulfonamides is 1. The summed E-state index contributed by atoms with van der Waals surface area (Å²) in [6.07, 6.45) is 2.27. The molecule has 0 spiro atoms. The Morgan fingerprint density at radius 3 is 2.39 bits per heavy atom. The van der Waals surface area contributed by atoms with Gasteiger partial charge < -0.3 is 5.32 Å². The summed E-state index contributed by atoms with van der Waals surface area (Å²) in [5, 5.41) is 2.86. The van der Waals surface area contributed by atoms with Crippen molar-refractivity contribution in [1.29, 1.82) is 0 Å². The lowest BCUT2D eigenvalue weighted by Crippen LogP contribution is -2.30. The molecule has 2 aromatic rings. The molecule has 7 nitrogen and oxygen atoms in total. The predicted molar refractivity (Wildman–Crippen MR) is 106 cm³/mol. The van der Waals surface area contributed by atoms with Gasteiger partial charge in [-0.05, 0) is 44.5 Å². The quantitative estimate of drug-likeness (QED) is 0.649. The van der Waals surface area contributed by atoms with E-state index in [0.29, 0.717) is 12.0 Å². The number of benzene rings is 1. The molecule has 1 aromatic heterocycles. The molecule has 0 aliphatic heterocycles. The third-order valence-corrected chi connectivity index (χ3v) is 6.23. The Morgan fingerprint density at radius 2 is 1.82 bits per heavy atom. The normalized spacial score (nSPS) is 12.6. The summed E-state index contributed by atoms with van der Waals surface area (Å²) in [5.41, 5.74) is 1.23. The second-order valence-electron chi connectivity index (χ2n) is 6.55. The highest BCUT2D eigenvalue weighted by Crippen LogP contribution is 2.16. The molecule has 0 bridgehead atoms. The molecule has 0 aliphatic rings. The zero-order valence-corrected chi connectivity index (χ0v) is 17.1. The lowest BCUT2D eigenvalue weighted by atomic mass is 10.2. The van der Waals surface area contributed by atoms with Gasteiger partial charge in [0, 0.05) is 31.8 Å². The number of ketones is 1. The van der Waals surface area contributed by atoms with Crippen LogP contribution in [0.15, 0.2) is 53.6 Å². The highest BCUT2D eigenvalue weighted by molar-refractivity contribution is 7.89. The minimum atomic E-state index is -3.67. The number of Topliss-reactive ketones (excluding diaryl/α,β-unsaturated/α-hetero) is 1. The van der Waals surface area contributed by atoms with Crippen molar-refractivity contribution in [3.05, 3.63) is 59.9 Å². The van der Waals surface area contributed by atoms with E-state index in [2.05, 4.69) is 10.3 Å². The van der Waals surface area contributed by atoms with Crippen LogP contribution in [0, 0.1) is 0 Å². The van der Waals surface area contributed by atoms with Crippen molar-refractivity contribution >= 4 is 21.7 Å². The van der Waals surface area contributed by atoms with Crippen LogP contribution in [0.3, 0.4) is 0 Å². The SMILES string of the molecule is CC(=O)c1ccc(S(=O)(=O)N(C)CCCC(=O)N[C@@H](C)c2ccccn2)cc1. The number of rotatable bonds is 9. The van der Waals surface area contributed by atoms with E-state index in [-0.39, 0.29) is 35.6 Å². The third-order valence-electron chi connectivity index (χ3n) is 4.35. The monoisotopic (exact) mass is 403 g/mol. The summed E-state index contributed by atoms with van der Waals surface area (Å²) in [7, 11) is -2.19. The molecule has 0 radical (unpaired) electrons. The number of hydrogen-bond donors (Lipinski definition) is 1. The molecule has 0 fully saturated rings. The van der Waals surface area contributed by atoms with Gasteiger partial charge in [-0.25, -0.2) is 12.7 Å². The Bertz CT molecular complexity index is 912. The topological polar surface area (TPSA) is 96.4 Å². The number of nitrogens with one attached hydrogen (secondary N) is 1. The van der Waals surface area contributed by atoms with Crippen molar-refractivity contribution in [1.82, 2.24) is 14.6 Å². The standard InChI is InChI=1S/C20H25N3O4S/c1-15(19-7-4-5-13-21-19)22-20(25)8-6-14-23(3)28(26,27)18-11-9-17(10-12-18)16(2)24/h4-5,7,9-13,15H,6,8,14H2,1-3H3,(H,22,25)/t15-/m0/s1. The summed E-state index contributed by atoms with van der Waals surface area (Å²) in [4.78, 5) is 27.7. The number of pyridine rings is 1. The van der Waals surface area contributed by atoms with E-state index in [1.54, 1.807) is 6.20 Å². The fraction of sp³-hybridized carbons (Fsp3) is 0.350. The molecule has 28 heavy (non-hydrogen) atoms. The Hall–Kier alpha value is -2.58. The zero-order chi connectivity index (χ0) is 20.7. The van der Waals surface area contributed by atoms with Crippen molar-refractivity contribution in [3.63, 3.8) is 0 Å². The van der Waals surface area contributed by atoms with E-state index < -0.39 is 10.0 Å². The Labute approximate surface area is 165 Å². The number of carbonyl (C=O) groups is 2. The number of hydrogen-bond acceptors (Lipinski definition) is 5. The van der Waals surface area contributed by atoms with Crippen molar-refractivity contribution in [2.24, 2.45) is 0 Å². The summed E-state index contributed by atoms with van der Waals surface area (Å²) in [5.74, 6) is -0.280. The first-order valence-corrected chi connectivity index (χ1v) is 10.4. The number of amides is 1. The minimum absolute atomic E-state index is 0.119. The maximum absolute atomic E-state index is 12.6. The smallest absolute Gasteiger partial charge is 0.242 e. The molecule has 0 aliphatic carbocycles. The second-order valence-corrected chi connectivity index (χ2v) is 8.60. The second kappa shape index (κ2) is 9.57. The van der Waals surface area contributed by atoms with Crippen molar-refractivity contribution < 1.29 is 18.0 Å². The van der Waals surface area contributed by atoms with E-state index in [1.807, 2.05) is 25.1 Å². The first kappa shape index (κ1) is 21.7. The van der Waals surface area contributed by atoms with Crippen LogP contribution >= 0.6 is 0 Å². The largest absolute Gasteiger partial charge is 0.348 e. The van der Waals surface area contributed by atoms with Gasteiger partial charge in [-0.1, -0.05) is 18.2 Å². The molecule has 2 rings (SSSR count). The van der Waals surface area contributed by atoms with Crippen molar-refractivity contribution in [3.8, 4) is 0 Å². The molecule has 1 atom stereocenters. The van der Waals surface area contributed by atoms with Crippen LogP contribution in [0.1, 0.15) is 48.8 Å². The molecule has 1 heterocycles. The van der Waals surface area contributed by atoms with Gasteiger partial charge in [-0.3, -0.25) is 14.6 Å². The highest BCUT2D eigenvalue weighted by atomic mass is 32.2. The molecule has 0 saturated heterocycles. The van der Waals surface area contributed by atoms with Crippen LogP contribution in [-0.4, -0.2) is 43.0 Å². The lowest BCUT2D eigenvalue weighted by molar-refractivity contribution is -0.121. The van der Waals surface area contributed by atoms with Gasteiger partial charge in [0.1, 0.15) is 0 Å². The molecule has 1 aromatic carbocycles. The molecule has 1 amide bonds. The van der Waals surface area contributed by atoms with Gasteiger partial charge in [-0.2, -0.15) is 0 Å². The maximum Gasteiger partial charge on any atom is 0.242 e. The molecular formula is C20H25N3O4S. The Balaban J connectivity index is 1.86. The van der Waals surface area contributed by atoms with Gasteiger partial charge in [0.25, 0.3) is 0 Å². The van der Waals surface area contributed by atoms with E-state index in [0.717, 1.165) is 5.69 Å². The van der Waals surface area contributed by atoms with Crippen molar-refractivity contribution in [2.75, 3.05) is 13.6 Å². The predicted octanol–water partition coefficient (Wildman–Crippen LogP) is 2.56. The van der Waals surface area contributed by atoms with E-state index in [9.17, 15) is 18.0 Å². The number of aromatic nitrogens is 1. The van der Waals surface area contributed by atoms with Crippen LogP contribution in [0.5, 0.6) is 0 Å². The lowest BCUT2D eigenvalue weighted by Gasteiger charge is -2.18. The minimum Gasteiger partial charge on any atom is -0.348 e. The van der Waals surface area contributed by atoms with Crippen LogP contribution in [0.2, 0.25) is 0 Å². The molecule has 1 N–H and O–H groups in total. The van der Waals surface area contributed by atoms with Gasteiger partial charge in [0.2, 0.25) is 15.9 Å². The van der Waals surface area contributed by atoms with Crippen LogP contribution < -0.4 is 5.32 Å². The first-order valence-electron chi connectivity index (χ1n) is 8.99. The number of carbonyl (C=O) groups excluding carboxylic acids is 2. The number of nitrogens with zero attached hydrogens (tertiary/aromatic N) is 2. The van der Waals surface area contributed by atoms with Gasteiger partial charge >= 0.3 is 0 Å². The molecule has 0 saturated carbocycles.